The molecule has 42 valence electrons. The molecule has 4 heteroatoms. The molecule has 0 fully saturated rings. The number of methoxy groups -OCH3 is 1. The van der Waals surface area contributed by atoms with Crippen LogP contribution < -0.4 is 0 Å². The van der Waals surface area contributed by atoms with Crippen molar-refractivity contribution >= 4 is 33.5 Å². The van der Waals surface area contributed by atoms with Gasteiger partial charge in [0.15, 0.2) is 4.29 Å². The third-order valence-electron chi connectivity index (χ3n) is 0.379. The van der Waals surface area contributed by atoms with Crippen LogP contribution in [0.1, 0.15) is 0 Å². The number of ether oxygens (including phenoxy) is 1. The van der Waals surface area contributed by atoms with Crippen LogP contribution in [0.3, 0.4) is 0 Å². The van der Waals surface area contributed by atoms with E-state index in [9.17, 15) is 4.79 Å². The first-order valence-corrected chi connectivity index (χ1v) is 2.89. The Morgan fingerprint density at radius 1 is 2.00 bits per heavy atom. The van der Waals surface area contributed by atoms with Gasteiger partial charge in [0.1, 0.15) is 0 Å². The third-order valence-corrected chi connectivity index (χ3v) is 0.931. The van der Waals surface area contributed by atoms with Gasteiger partial charge in [-0.05, 0) is 0 Å². The molecule has 2 nitrogen and oxygen atoms in total. The molecule has 0 spiro atoms. The summed E-state index contributed by atoms with van der Waals surface area (Å²) in [4.78, 5) is 10.1. The number of carbonyl (C=O) groups is 1. The van der Waals surface area contributed by atoms with Crippen molar-refractivity contribution in [2.45, 2.75) is 4.29 Å². The predicted molar refractivity (Wildman–Crippen MR) is 30.6 cm³/mol. The van der Waals surface area contributed by atoms with E-state index >= 15 is 0 Å². The summed E-state index contributed by atoms with van der Waals surface area (Å²) in [6.07, 6.45) is 0. The summed E-state index contributed by atoms with van der Waals surface area (Å²) in [5.41, 5.74) is 0. The van der Waals surface area contributed by atoms with Crippen molar-refractivity contribution in [3.05, 3.63) is 0 Å². The zero-order valence-corrected chi connectivity index (χ0v) is 5.99. The van der Waals surface area contributed by atoms with Crippen LogP contribution in [-0.2, 0) is 9.53 Å². The molecule has 0 amide bonds. The topological polar surface area (TPSA) is 26.3 Å². The summed E-state index contributed by atoms with van der Waals surface area (Å²) in [6.45, 7) is 0. The van der Waals surface area contributed by atoms with Crippen molar-refractivity contribution in [2.24, 2.45) is 0 Å². The summed E-state index contributed by atoms with van der Waals surface area (Å²) in [6, 6.07) is 0. The first-order valence-electron chi connectivity index (χ1n) is 1.54. The first kappa shape index (κ1) is 7.24. The Labute approximate surface area is 54.9 Å². The van der Waals surface area contributed by atoms with Gasteiger partial charge in [0.25, 0.3) is 0 Å². The zero-order valence-electron chi connectivity index (χ0n) is 3.65. The summed E-state index contributed by atoms with van der Waals surface area (Å²) in [7, 11) is 1.28. The van der Waals surface area contributed by atoms with E-state index in [-0.39, 0.29) is 0 Å². The van der Waals surface area contributed by atoms with Gasteiger partial charge < -0.3 is 4.74 Å². The molecule has 0 saturated carbocycles. The number of carbonyl (C=O) groups excluding carboxylic acids is 1. The van der Waals surface area contributed by atoms with Crippen LogP contribution in [0.4, 0.5) is 0 Å². The minimum Gasteiger partial charge on any atom is -0.467 e. The highest BCUT2D eigenvalue weighted by molar-refractivity contribution is 9.10. The molecule has 0 aromatic carbocycles. The van der Waals surface area contributed by atoms with E-state index < -0.39 is 10.3 Å². The van der Waals surface area contributed by atoms with E-state index in [0.717, 1.165) is 0 Å². The predicted octanol–water partition coefficient (Wildman–Crippen LogP) is 1.12. The Morgan fingerprint density at radius 3 is 2.43 bits per heavy atom. The Kier molecular flexibility index (Phi) is 3.38. The number of rotatable bonds is 1. The largest absolute Gasteiger partial charge is 0.467 e. The normalized spacial score (nSPS) is 13.0. The summed E-state index contributed by atoms with van der Waals surface area (Å²) < 4.78 is 3.48. The maximum Gasteiger partial charge on any atom is 0.334 e. The fourth-order valence-electron chi connectivity index (χ4n) is 0.0891. The number of hydrogen-bond donors (Lipinski definition) is 0. The van der Waals surface area contributed by atoms with Crippen LogP contribution in [0.15, 0.2) is 0 Å². The second kappa shape index (κ2) is 3.27. The van der Waals surface area contributed by atoms with E-state index in [1.54, 1.807) is 0 Å². The fourth-order valence-corrected chi connectivity index (χ4v) is 0.365. The second-order valence-corrected chi connectivity index (χ2v) is 2.70. The lowest BCUT2D eigenvalue weighted by atomic mass is 10.8. The van der Waals surface area contributed by atoms with E-state index in [1.165, 1.54) is 7.11 Å². The lowest BCUT2D eigenvalue weighted by Crippen LogP contribution is -2.07. The molecule has 0 aliphatic rings. The molecule has 0 heterocycles. The van der Waals surface area contributed by atoms with Gasteiger partial charge in [0.05, 0.1) is 7.11 Å². The van der Waals surface area contributed by atoms with Crippen LogP contribution in [0.2, 0.25) is 0 Å². The summed E-state index contributed by atoms with van der Waals surface area (Å²) in [5.74, 6) is -0.471. The highest BCUT2D eigenvalue weighted by Crippen LogP contribution is 2.04. The van der Waals surface area contributed by atoms with Gasteiger partial charge in [-0.25, -0.2) is 4.79 Å². The van der Waals surface area contributed by atoms with Crippen molar-refractivity contribution in [3.8, 4) is 0 Å². The molecule has 1 unspecified atom stereocenters. The average Bonchev–Trinajstić information content (AvgIpc) is 1.65. The van der Waals surface area contributed by atoms with Crippen molar-refractivity contribution in [3.63, 3.8) is 0 Å². The number of alkyl halides is 2. The molecule has 1 atom stereocenters. The molecule has 0 aliphatic carbocycles. The molecule has 0 bridgehead atoms. The number of hydrogen-bond acceptors (Lipinski definition) is 2. The smallest absolute Gasteiger partial charge is 0.334 e. The lowest BCUT2D eigenvalue weighted by Gasteiger charge is -1.94. The minimum absolute atomic E-state index is 0.471. The van der Waals surface area contributed by atoms with E-state index in [0.29, 0.717) is 0 Å². The molecular formula is C3H4BrClO2. The third kappa shape index (κ3) is 2.88. The monoisotopic (exact) mass is 186 g/mol. The van der Waals surface area contributed by atoms with Crippen LogP contribution in [-0.4, -0.2) is 17.4 Å². The molecule has 0 aromatic heterocycles. The molecule has 0 aliphatic heterocycles. The van der Waals surface area contributed by atoms with E-state index in [2.05, 4.69) is 20.7 Å². The molecule has 0 rings (SSSR count). The summed E-state index contributed by atoms with van der Waals surface area (Å²) in [5, 5.41) is 0. The standard InChI is InChI=1S/C3H4BrClO2/c1-7-3(6)2(4)5/h2H,1H3. The van der Waals surface area contributed by atoms with Crippen LogP contribution in [0, 0.1) is 0 Å². The fraction of sp³-hybridized carbons (Fsp3) is 0.667. The van der Waals surface area contributed by atoms with Gasteiger partial charge in [-0.15, -0.1) is 0 Å². The summed E-state index contributed by atoms with van der Waals surface area (Å²) >= 11 is 7.96. The molecular weight excluding hydrogens is 183 g/mol. The van der Waals surface area contributed by atoms with Gasteiger partial charge in [-0.1, -0.05) is 27.5 Å². The average molecular weight is 187 g/mol. The maximum atomic E-state index is 10.1. The van der Waals surface area contributed by atoms with Crippen molar-refractivity contribution < 1.29 is 9.53 Å². The van der Waals surface area contributed by atoms with E-state index in [1.807, 2.05) is 0 Å². The zero-order chi connectivity index (χ0) is 5.86. The molecule has 7 heavy (non-hydrogen) atoms. The molecule has 0 radical (unpaired) electrons. The number of esters is 1. The van der Waals surface area contributed by atoms with E-state index in [4.69, 9.17) is 11.6 Å². The van der Waals surface area contributed by atoms with Crippen LogP contribution in [0.25, 0.3) is 0 Å². The molecule has 0 saturated heterocycles. The Bertz CT molecular complexity index is 73.3. The van der Waals surface area contributed by atoms with Gasteiger partial charge in [-0.2, -0.15) is 0 Å². The highest BCUT2D eigenvalue weighted by Gasteiger charge is 2.08. The minimum atomic E-state index is -0.711. The van der Waals surface area contributed by atoms with Crippen LogP contribution in [0.5, 0.6) is 0 Å². The SMILES string of the molecule is COC(=O)C(Cl)Br. The quantitative estimate of drug-likeness (QED) is 0.454. The van der Waals surface area contributed by atoms with Gasteiger partial charge in [-0.3, -0.25) is 0 Å². The Hall–Kier alpha value is 0.240. The van der Waals surface area contributed by atoms with Crippen molar-refractivity contribution in [1.29, 1.82) is 0 Å². The van der Waals surface area contributed by atoms with Crippen LogP contribution >= 0.6 is 27.5 Å². The Balaban J connectivity index is 3.35. The first-order chi connectivity index (χ1) is 3.18. The van der Waals surface area contributed by atoms with Crippen molar-refractivity contribution in [1.82, 2.24) is 0 Å². The lowest BCUT2D eigenvalue weighted by molar-refractivity contribution is -0.138. The molecule has 0 aromatic rings. The Morgan fingerprint density at radius 2 is 2.43 bits per heavy atom. The highest BCUT2D eigenvalue weighted by atomic mass is 79.9. The molecule has 0 N–H and O–H groups in total. The maximum absolute atomic E-state index is 10.1. The van der Waals surface area contributed by atoms with Gasteiger partial charge >= 0.3 is 5.97 Å². The van der Waals surface area contributed by atoms with Gasteiger partial charge in [0, 0.05) is 0 Å². The van der Waals surface area contributed by atoms with Crippen molar-refractivity contribution in [2.75, 3.05) is 7.11 Å². The van der Waals surface area contributed by atoms with Gasteiger partial charge in [0.2, 0.25) is 0 Å². The second-order valence-electron chi connectivity index (χ2n) is 0.824. The number of halogens is 2.